The van der Waals surface area contributed by atoms with E-state index in [9.17, 15) is 19.7 Å². The number of likely N-dealkylation sites (tertiary alicyclic amines) is 1. The number of pyridine rings is 1. The molecule has 0 N–H and O–H groups in total. The summed E-state index contributed by atoms with van der Waals surface area (Å²) in [5, 5.41) is 11.6. The smallest absolute Gasteiger partial charge is 0.351 e. The van der Waals surface area contributed by atoms with E-state index in [2.05, 4.69) is 4.98 Å². The van der Waals surface area contributed by atoms with Gasteiger partial charge in [-0.05, 0) is 44.2 Å². The number of anilines is 1. The average molecular weight is 385 g/mol. The van der Waals surface area contributed by atoms with Crippen LogP contribution in [0.4, 0.5) is 11.5 Å². The maximum Gasteiger partial charge on any atom is 0.376 e. The van der Waals surface area contributed by atoms with Gasteiger partial charge in [0.15, 0.2) is 0 Å². The van der Waals surface area contributed by atoms with E-state index in [0.29, 0.717) is 31.6 Å². The molecule has 2 fully saturated rings. The minimum atomic E-state index is -0.683. The van der Waals surface area contributed by atoms with E-state index in [1.165, 1.54) is 17.0 Å². The SMILES string of the molecule is O=C(C1CCN(c2nc3ccccn3c(=O)c2[N+](=O)[O-])CC1)N1CCCCC1. The maximum atomic E-state index is 12.7. The number of piperidine rings is 2. The highest BCUT2D eigenvalue weighted by atomic mass is 16.6. The van der Waals surface area contributed by atoms with Crippen LogP contribution in [0.3, 0.4) is 0 Å². The molecule has 2 aromatic rings. The molecule has 2 aliphatic heterocycles. The number of rotatable bonds is 3. The molecule has 9 heteroatoms. The summed E-state index contributed by atoms with van der Waals surface area (Å²) in [6.07, 6.45) is 5.99. The number of nitrogens with zero attached hydrogens (tertiary/aromatic N) is 5. The van der Waals surface area contributed by atoms with Crippen LogP contribution in [0.1, 0.15) is 32.1 Å². The van der Waals surface area contributed by atoms with E-state index in [1.807, 2.05) is 4.90 Å². The molecular weight excluding hydrogens is 362 g/mol. The largest absolute Gasteiger partial charge is 0.376 e. The first-order valence-corrected chi connectivity index (χ1v) is 9.76. The Morgan fingerprint density at radius 2 is 1.82 bits per heavy atom. The molecule has 0 aliphatic carbocycles. The number of carbonyl (C=O) groups is 1. The fourth-order valence-corrected chi connectivity index (χ4v) is 4.16. The van der Waals surface area contributed by atoms with Crippen LogP contribution in [0.15, 0.2) is 29.2 Å². The van der Waals surface area contributed by atoms with Gasteiger partial charge in [0, 0.05) is 38.3 Å². The Labute approximate surface area is 161 Å². The summed E-state index contributed by atoms with van der Waals surface area (Å²) < 4.78 is 1.19. The van der Waals surface area contributed by atoms with Gasteiger partial charge in [0.05, 0.1) is 4.92 Å². The Morgan fingerprint density at radius 1 is 1.11 bits per heavy atom. The molecule has 9 nitrogen and oxygen atoms in total. The van der Waals surface area contributed by atoms with E-state index in [-0.39, 0.29) is 17.6 Å². The quantitative estimate of drug-likeness (QED) is 0.590. The fourth-order valence-electron chi connectivity index (χ4n) is 4.16. The summed E-state index contributed by atoms with van der Waals surface area (Å²) in [5.41, 5.74) is -0.818. The molecule has 4 rings (SSSR count). The summed E-state index contributed by atoms with van der Waals surface area (Å²) in [4.78, 5) is 44.4. The van der Waals surface area contributed by atoms with Gasteiger partial charge in [-0.25, -0.2) is 4.98 Å². The third-order valence-corrected chi connectivity index (χ3v) is 5.69. The van der Waals surface area contributed by atoms with Crippen molar-refractivity contribution >= 4 is 23.1 Å². The molecular formula is C19H23N5O4. The van der Waals surface area contributed by atoms with Crippen molar-refractivity contribution < 1.29 is 9.72 Å². The molecule has 2 aliphatic rings. The van der Waals surface area contributed by atoms with Gasteiger partial charge >= 0.3 is 11.2 Å². The van der Waals surface area contributed by atoms with Crippen LogP contribution in [0.5, 0.6) is 0 Å². The Balaban J connectivity index is 1.57. The number of carbonyl (C=O) groups excluding carboxylic acids is 1. The molecule has 0 radical (unpaired) electrons. The lowest BCUT2D eigenvalue weighted by atomic mass is 9.94. The molecule has 0 atom stereocenters. The minimum absolute atomic E-state index is 0.0602. The number of nitro groups is 1. The van der Waals surface area contributed by atoms with E-state index >= 15 is 0 Å². The number of hydrogen-bond donors (Lipinski definition) is 0. The van der Waals surface area contributed by atoms with Gasteiger partial charge in [-0.3, -0.25) is 24.1 Å². The van der Waals surface area contributed by atoms with Crippen LogP contribution in [-0.4, -0.2) is 51.3 Å². The Morgan fingerprint density at radius 3 is 2.50 bits per heavy atom. The predicted octanol–water partition coefficient (Wildman–Crippen LogP) is 1.83. The van der Waals surface area contributed by atoms with E-state index in [4.69, 9.17) is 0 Å². The molecule has 4 heterocycles. The molecule has 1 amide bonds. The van der Waals surface area contributed by atoms with Crippen molar-refractivity contribution in [1.29, 1.82) is 0 Å². The van der Waals surface area contributed by atoms with E-state index in [0.717, 1.165) is 25.9 Å². The van der Waals surface area contributed by atoms with E-state index in [1.54, 1.807) is 23.1 Å². The zero-order chi connectivity index (χ0) is 19.7. The minimum Gasteiger partial charge on any atom is -0.351 e. The summed E-state index contributed by atoms with van der Waals surface area (Å²) in [6, 6.07) is 5.03. The van der Waals surface area contributed by atoms with E-state index < -0.39 is 16.2 Å². The van der Waals surface area contributed by atoms with Gasteiger partial charge in [0.25, 0.3) is 0 Å². The molecule has 2 saturated heterocycles. The molecule has 0 saturated carbocycles. The molecule has 2 aromatic heterocycles. The highest BCUT2D eigenvalue weighted by molar-refractivity contribution is 5.79. The van der Waals surface area contributed by atoms with Gasteiger partial charge in [0.1, 0.15) is 5.65 Å². The molecule has 0 aromatic carbocycles. The van der Waals surface area contributed by atoms with Gasteiger partial charge in [-0.2, -0.15) is 0 Å². The topological polar surface area (TPSA) is 101 Å². The lowest BCUT2D eigenvalue weighted by molar-refractivity contribution is -0.385. The van der Waals surface area contributed by atoms with Crippen LogP contribution < -0.4 is 10.5 Å². The number of amides is 1. The van der Waals surface area contributed by atoms with Crippen LogP contribution in [-0.2, 0) is 4.79 Å². The van der Waals surface area contributed by atoms with Crippen LogP contribution in [0, 0.1) is 16.0 Å². The predicted molar refractivity (Wildman–Crippen MR) is 103 cm³/mol. The van der Waals surface area contributed by atoms with Crippen LogP contribution >= 0.6 is 0 Å². The molecule has 28 heavy (non-hydrogen) atoms. The maximum absolute atomic E-state index is 12.7. The summed E-state index contributed by atoms with van der Waals surface area (Å²) in [7, 11) is 0. The lowest BCUT2D eigenvalue weighted by Crippen LogP contribution is -2.45. The highest BCUT2D eigenvalue weighted by Gasteiger charge is 2.33. The number of hydrogen-bond acceptors (Lipinski definition) is 6. The standard InChI is InChI=1S/C19H23N5O4/c25-18(22-9-3-1-4-10-22)14-7-12-21(13-8-14)17-16(24(27)28)19(26)23-11-5-2-6-15(23)20-17/h2,5-6,11,14H,1,3-4,7-10,12-13H2. The summed E-state index contributed by atoms with van der Waals surface area (Å²) >= 11 is 0. The second-order valence-electron chi connectivity index (χ2n) is 7.42. The monoisotopic (exact) mass is 385 g/mol. The van der Waals surface area contributed by atoms with Crippen molar-refractivity contribution in [3.8, 4) is 0 Å². The molecule has 0 unspecified atom stereocenters. The van der Waals surface area contributed by atoms with Gasteiger partial charge in [-0.1, -0.05) is 6.07 Å². The highest BCUT2D eigenvalue weighted by Crippen LogP contribution is 2.29. The fraction of sp³-hybridized carbons (Fsp3) is 0.526. The number of fused-ring (bicyclic) bond motifs is 1. The first-order valence-electron chi connectivity index (χ1n) is 9.76. The first kappa shape index (κ1) is 18.4. The average Bonchev–Trinajstić information content (AvgIpc) is 2.73. The second-order valence-corrected chi connectivity index (χ2v) is 7.42. The Hall–Kier alpha value is -2.97. The van der Waals surface area contributed by atoms with Crippen molar-refractivity contribution in [2.24, 2.45) is 5.92 Å². The second kappa shape index (κ2) is 7.57. The normalized spacial score (nSPS) is 18.4. The third-order valence-electron chi connectivity index (χ3n) is 5.69. The first-order chi connectivity index (χ1) is 13.6. The third kappa shape index (κ3) is 3.32. The molecule has 148 valence electrons. The van der Waals surface area contributed by atoms with Gasteiger partial charge < -0.3 is 9.80 Å². The summed E-state index contributed by atoms with van der Waals surface area (Å²) in [6.45, 7) is 2.60. The van der Waals surface area contributed by atoms with Crippen molar-refractivity contribution in [2.45, 2.75) is 32.1 Å². The van der Waals surface area contributed by atoms with Crippen molar-refractivity contribution in [1.82, 2.24) is 14.3 Å². The van der Waals surface area contributed by atoms with Crippen LogP contribution in [0.2, 0.25) is 0 Å². The Bertz CT molecular complexity index is 958. The molecule has 0 bridgehead atoms. The van der Waals surface area contributed by atoms with Crippen molar-refractivity contribution in [3.05, 3.63) is 44.9 Å². The molecule has 0 spiro atoms. The van der Waals surface area contributed by atoms with Gasteiger partial charge in [0.2, 0.25) is 11.7 Å². The van der Waals surface area contributed by atoms with Crippen molar-refractivity contribution in [3.63, 3.8) is 0 Å². The lowest BCUT2D eigenvalue weighted by Gasteiger charge is -2.35. The zero-order valence-electron chi connectivity index (χ0n) is 15.6. The summed E-state index contributed by atoms with van der Waals surface area (Å²) in [5.74, 6) is 0.237. The number of aromatic nitrogens is 2. The van der Waals surface area contributed by atoms with Crippen LogP contribution in [0.25, 0.3) is 5.65 Å². The van der Waals surface area contributed by atoms with Gasteiger partial charge in [-0.15, -0.1) is 0 Å². The Kier molecular flexibility index (Phi) is 4.97. The zero-order valence-corrected chi connectivity index (χ0v) is 15.6. The van der Waals surface area contributed by atoms with Crippen molar-refractivity contribution in [2.75, 3.05) is 31.1 Å².